The topological polar surface area (TPSA) is 55.1 Å². The zero-order valence-electron chi connectivity index (χ0n) is 7.96. The van der Waals surface area contributed by atoms with Crippen LogP contribution in [-0.2, 0) is 4.79 Å². The highest BCUT2D eigenvalue weighted by Crippen LogP contribution is 2.57. The maximum absolute atomic E-state index is 11.5. The lowest BCUT2D eigenvalue weighted by Gasteiger charge is -2.04. The molecule has 0 aliphatic heterocycles. The molecule has 3 nitrogen and oxygen atoms in total. The molecule has 2 aliphatic carbocycles. The first-order chi connectivity index (χ1) is 6.34. The molecule has 0 aromatic rings. The van der Waals surface area contributed by atoms with Gasteiger partial charge in [0.25, 0.3) is 0 Å². The number of nitrogens with one attached hydrogen (secondary N) is 1. The number of nitrogens with two attached hydrogens (primary N) is 1. The Kier molecular flexibility index (Phi) is 2.54. The Morgan fingerprint density at radius 1 is 1.38 bits per heavy atom. The molecule has 0 bridgehead atoms. The zero-order valence-corrected chi connectivity index (χ0v) is 7.96. The minimum atomic E-state index is 0.281. The summed E-state index contributed by atoms with van der Waals surface area (Å²) >= 11 is 0. The van der Waals surface area contributed by atoms with Crippen molar-refractivity contribution in [3.63, 3.8) is 0 Å². The highest BCUT2D eigenvalue weighted by atomic mass is 16.2. The average molecular weight is 182 g/mol. The molecule has 0 aromatic heterocycles. The molecule has 2 saturated carbocycles. The maximum Gasteiger partial charge on any atom is 0.223 e. The van der Waals surface area contributed by atoms with Gasteiger partial charge in [0.05, 0.1) is 0 Å². The fourth-order valence-electron chi connectivity index (χ4n) is 2.64. The van der Waals surface area contributed by atoms with Crippen LogP contribution < -0.4 is 11.1 Å². The second-order valence-corrected chi connectivity index (χ2v) is 4.22. The molecular formula is C10H18N2O. The van der Waals surface area contributed by atoms with E-state index in [1.165, 1.54) is 19.3 Å². The van der Waals surface area contributed by atoms with Crippen LogP contribution in [0.3, 0.4) is 0 Å². The number of fused-ring (bicyclic) bond motifs is 1. The van der Waals surface area contributed by atoms with Crippen molar-refractivity contribution >= 4 is 5.91 Å². The molecule has 0 heterocycles. The summed E-state index contributed by atoms with van der Waals surface area (Å²) in [5, 5.41) is 2.96. The molecule has 2 aliphatic rings. The Morgan fingerprint density at radius 3 is 2.69 bits per heavy atom. The number of rotatable bonds is 4. The van der Waals surface area contributed by atoms with E-state index in [2.05, 4.69) is 5.32 Å². The molecule has 2 fully saturated rings. The molecule has 13 heavy (non-hydrogen) atoms. The summed E-state index contributed by atoms with van der Waals surface area (Å²) in [5.74, 6) is 2.12. The average Bonchev–Trinajstić information content (AvgIpc) is 2.61. The van der Waals surface area contributed by atoms with Crippen molar-refractivity contribution in [3.05, 3.63) is 0 Å². The van der Waals surface area contributed by atoms with Gasteiger partial charge in [0, 0.05) is 12.5 Å². The van der Waals surface area contributed by atoms with Crippen LogP contribution in [-0.4, -0.2) is 19.0 Å². The minimum Gasteiger partial charge on any atom is -0.356 e. The van der Waals surface area contributed by atoms with E-state index in [1.807, 2.05) is 0 Å². The number of hydrogen-bond acceptors (Lipinski definition) is 2. The molecule has 74 valence electrons. The minimum absolute atomic E-state index is 0.281. The van der Waals surface area contributed by atoms with Gasteiger partial charge < -0.3 is 11.1 Å². The summed E-state index contributed by atoms with van der Waals surface area (Å²) in [4.78, 5) is 11.5. The summed E-state index contributed by atoms with van der Waals surface area (Å²) in [6, 6.07) is 0. The van der Waals surface area contributed by atoms with Gasteiger partial charge in [0.15, 0.2) is 0 Å². The van der Waals surface area contributed by atoms with Crippen molar-refractivity contribution in [2.75, 3.05) is 13.1 Å². The van der Waals surface area contributed by atoms with Gasteiger partial charge in [-0.3, -0.25) is 4.79 Å². The number of carbonyl (C=O) groups is 1. The summed E-state index contributed by atoms with van der Waals surface area (Å²) < 4.78 is 0. The van der Waals surface area contributed by atoms with E-state index in [1.54, 1.807) is 0 Å². The Balaban J connectivity index is 1.68. The van der Waals surface area contributed by atoms with Crippen LogP contribution >= 0.6 is 0 Å². The highest BCUT2D eigenvalue weighted by Gasteiger charge is 2.56. The van der Waals surface area contributed by atoms with E-state index >= 15 is 0 Å². The molecule has 3 N–H and O–H groups in total. The van der Waals surface area contributed by atoms with Crippen LogP contribution in [0.1, 0.15) is 25.7 Å². The molecule has 0 aromatic carbocycles. The normalized spacial score (nSPS) is 35.6. The SMILES string of the molecule is NCCCNC(=O)C1C2CCCC21. The highest BCUT2D eigenvalue weighted by molar-refractivity contribution is 5.82. The van der Waals surface area contributed by atoms with Crippen molar-refractivity contribution in [1.82, 2.24) is 5.32 Å². The van der Waals surface area contributed by atoms with E-state index < -0.39 is 0 Å². The first-order valence-electron chi connectivity index (χ1n) is 5.32. The van der Waals surface area contributed by atoms with Gasteiger partial charge in [0.1, 0.15) is 0 Å². The smallest absolute Gasteiger partial charge is 0.223 e. The fraction of sp³-hybridized carbons (Fsp3) is 0.900. The number of hydrogen-bond donors (Lipinski definition) is 2. The summed E-state index contributed by atoms with van der Waals surface area (Å²) in [7, 11) is 0. The first-order valence-corrected chi connectivity index (χ1v) is 5.32. The van der Waals surface area contributed by atoms with Crippen LogP contribution in [0.5, 0.6) is 0 Å². The van der Waals surface area contributed by atoms with E-state index in [9.17, 15) is 4.79 Å². The zero-order chi connectivity index (χ0) is 9.26. The molecular weight excluding hydrogens is 164 g/mol. The number of carbonyl (C=O) groups excluding carboxylic acids is 1. The van der Waals surface area contributed by atoms with Crippen molar-refractivity contribution in [3.8, 4) is 0 Å². The summed E-state index contributed by atoms with van der Waals surface area (Å²) in [6.07, 6.45) is 4.79. The molecule has 2 unspecified atom stereocenters. The predicted octanol–water partition coefficient (Wildman–Crippen LogP) is 0.497. The van der Waals surface area contributed by atoms with Crippen LogP contribution in [0.2, 0.25) is 0 Å². The third-order valence-corrected chi connectivity index (χ3v) is 3.39. The number of amides is 1. The van der Waals surface area contributed by atoms with Gasteiger partial charge in [-0.15, -0.1) is 0 Å². The quantitative estimate of drug-likeness (QED) is 0.622. The molecule has 0 saturated heterocycles. The summed E-state index contributed by atoms with van der Waals surface area (Å²) in [5.41, 5.74) is 5.35. The third-order valence-electron chi connectivity index (χ3n) is 3.39. The maximum atomic E-state index is 11.5. The fourth-order valence-corrected chi connectivity index (χ4v) is 2.64. The Bertz CT molecular complexity index is 195. The molecule has 1 amide bonds. The van der Waals surface area contributed by atoms with Crippen LogP contribution in [0.25, 0.3) is 0 Å². The van der Waals surface area contributed by atoms with E-state index in [0.29, 0.717) is 12.5 Å². The van der Waals surface area contributed by atoms with E-state index in [4.69, 9.17) is 5.73 Å². The van der Waals surface area contributed by atoms with Crippen LogP contribution in [0.15, 0.2) is 0 Å². The standard InChI is InChI=1S/C10H18N2O/c11-5-2-6-12-10(13)9-7-3-1-4-8(7)9/h7-9H,1-6,11H2,(H,12,13). The van der Waals surface area contributed by atoms with Crippen molar-refractivity contribution in [2.24, 2.45) is 23.5 Å². The van der Waals surface area contributed by atoms with Crippen LogP contribution in [0.4, 0.5) is 0 Å². The second kappa shape index (κ2) is 3.66. The Hall–Kier alpha value is -0.570. The van der Waals surface area contributed by atoms with E-state index in [-0.39, 0.29) is 5.91 Å². The Morgan fingerprint density at radius 2 is 2.08 bits per heavy atom. The second-order valence-electron chi connectivity index (χ2n) is 4.22. The van der Waals surface area contributed by atoms with Gasteiger partial charge in [-0.05, 0) is 37.6 Å². The lowest BCUT2D eigenvalue weighted by Crippen LogP contribution is -2.28. The molecule has 2 rings (SSSR count). The van der Waals surface area contributed by atoms with Gasteiger partial charge in [-0.25, -0.2) is 0 Å². The Labute approximate surface area is 79.1 Å². The van der Waals surface area contributed by atoms with Gasteiger partial charge in [0.2, 0.25) is 5.91 Å². The monoisotopic (exact) mass is 182 g/mol. The van der Waals surface area contributed by atoms with Crippen LogP contribution in [0, 0.1) is 17.8 Å². The van der Waals surface area contributed by atoms with Crippen molar-refractivity contribution < 1.29 is 4.79 Å². The molecule has 3 heteroatoms. The largest absolute Gasteiger partial charge is 0.356 e. The molecule has 0 spiro atoms. The molecule has 0 radical (unpaired) electrons. The lowest BCUT2D eigenvalue weighted by molar-refractivity contribution is -0.123. The first kappa shape index (κ1) is 9.00. The van der Waals surface area contributed by atoms with E-state index in [0.717, 1.165) is 24.8 Å². The third kappa shape index (κ3) is 1.70. The van der Waals surface area contributed by atoms with Crippen molar-refractivity contribution in [1.29, 1.82) is 0 Å². The van der Waals surface area contributed by atoms with Gasteiger partial charge in [-0.2, -0.15) is 0 Å². The predicted molar refractivity (Wildman–Crippen MR) is 51.0 cm³/mol. The van der Waals surface area contributed by atoms with Crippen molar-refractivity contribution in [2.45, 2.75) is 25.7 Å². The molecule has 2 atom stereocenters. The van der Waals surface area contributed by atoms with Gasteiger partial charge in [-0.1, -0.05) is 6.42 Å². The lowest BCUT2D eigenvalue weighted by atomic mass is 10.1. The summed E-state index contributed by atoms with van der Waals surface area (Å²) in [6.45, 7) is 1.42. The van der Waals surface area contributed by atoms with Gasteiger partial charge >= 0.3 is 0 Å².